The summed E-state index contributed by atoms with van der Waals surface area (Å²) in [7, 11) is 0. The van der Waals surface area contributed by atoms with Gasteiger partial charge in [-0.15, -0.1) is 0 Å². The van der Waals surface area contributed by atoms with Gasteiger partial charge in [0.25, 0.3) is 0 Å². The summed E-state index contributed by atoms with van der Waals surface area (Å²) in [6, 6.07) is 51.1. The van der Waals surface area contributed by atoms with E-state index >= 15 is 0 Å². The molecule has 0 fully saturated rings. The zero-order valence-corrected chi connectivity index (χ0v) is 28.2. The lowest BCUT2D eigenvalue weighted by Crippen LogP contribution is -1.97. The van der Waals surface area contributed by atoms with Gasteiger partial charge in [-0.2, -0.15) is 0 Å². The van der Waals surface area contributed by atoms with Crippen molar-refractivity contribution in [3.8, 4) is 27.9 Å². The predicted octanol–water partition coefficient (Wildman–Crippen LogP) is 12.9. The first-order valence-corrected chi connectivity index (χ1v) is 17.6. The Morgan fingerprint density at radius 1 is 0.560 bits per heavy atom. The van der Waals surface area contributed by atoms with E-state index in [1.54, 1.807) is 0 Å². The van der Waals surface area contributed by atoms with Crippen molar-refractivity contribution in [3.63, 3.8) is 0 Å². The van der Waals surface area contributed by atoms with Crippen LogP contribution in [0.5, 0.6) is 0 Å². The number of aromatic nitrogens is 2. The topological polar surface area (TPSA) is 9.86 Å². The quantitative estimate of drug-likeness (QED) is 0.153. The van der Waals surface area contributed by atoms with Crippen LogP contribution in [0.3, 0.4) is 0 Å². The molecule has 1 atom stereocenters. The Morgan fingerprint density at radius 2 is 1.20 bits per heavy atom. The minimum absolute atomic E-state index is 0.362. The van der Waals surface area contributed by atoms with E-state index in [0.29, 0.717) is 5.92 Å². The van der Waals surface area contributed by atoms with Gasteiger partial charge >= 0.3 is 0 Å². The molecule has 0 N–H and O–H groups in total. The first-order valence-electron chi connectivity index (χ1n) is 17.6. The summed E-state index contributed by atoms with van der Waals surface area (Å²) < 4.78 is 4.86. The molecule has 1 unspecified atom stereocenters. The summed E-state index contributed by atoms with van der Waals surface area (Å²) in [6.45, 7) is 3.11. The van der Waals surface area contributed by atoms with Crippen LogP contribution in [0.1, 0.15) is 13.3 Å². The molecule has 240 valence electrons. The van der Waals surface area contributed by atoms with E-state index in [1.807, 2.05) is 0 Å². The molecule has 8 aromatic rings. The monoisotopic (exact) mass is 642 g/mol. The number of fused-ring (bicyclic) bond motifs is 6. The molecule has 2 heteroatoms. The third kappa shape index (κ3) is 5.30. The zero-order valence-electron chi connectivity index (χ0n) is 28.2. The maximum atomic E-state index is 2.45. The molecule has 50 heavy (non-hydrogen) atoms. The van der Waals surface area contributed by atoms with Crippen molar-refractivity contribution in [2.75, 3.05) is 0 Å². The molecule has 0 amide bonds. The van der Waals surface area contributed by atoms with Crippen LogP contribution in [0.4, 0.5) is 0 Å². The summed E-state index contributed by atoms with van der Waals surface area (Å²) in [5, 5.41) is 5.10. The second kappa shape index (κ2) is 12.7. The van der Waals surface area contributed by atoms with Crippen molar-refractivity contribution >= 4 is 43.6 Å². The molecule has 6 aromatic carbocycles. The number of nitrogens with zero attached hydrogens (tertiary/aromatic N) is 2. The van der Waals surface area contributed by atoms with Crippen molar-refractivity contribution in [2.24, 2.45) is 5.92 Å². The number of hydrogen-bond donors (Lipinski definition) is 0. The molecular formula is C48H38N2. The van der Waals surface area contributed by atoms with Gasteiger partial charge in [0.1, 0.15) is 0 Å². The van der Waals surface area contributed by atoms with Crippen LogP contribution in [0, 0.1) is 5.92 Å². The molecule has 0 bridgehead atoms. The number of allylic oxidation sites excluding steroid dienone is 8. The number of para-hydroxylation sites is 2. The summed E-state index contributed by atoms with van der Waals surface area (Å²) in [5.74, 6) is 0.362. The van der Waals surface area contributed by atoms with E-state index in [9.17, 15) is 0 Å². The zero-order chi connectivity index (χ0) is 33.4. The first-order chi connectivity index (χ1) is 24.7. The summed E-state index contributed by atoms with van der Waals surface area (Å²) in [6.07, 6.45) is 16.8. The maximum Gasteiger partial charge on any atom is 0.0547 e. The average Bonchev–Trinajstić information content (AvgIpc) is 3.50. The first kappa shape index (κ1) is 30.0. The Kier molecular flexibility index (Phi) is 7.63. The fraction of sp³-hybridized carbons (Fsp3) is 0.0833. The Bertz CT molecular complexity index is 2640. The smallest absolute Gasteiger partial charge is 0.0547 e. The third-order valence-corrected chi connectivity index (χ3v) is 10.2. The predicted molar refractivity (Wildman–Crippen MR) is 214 cm³/mol. The van der Waals surface area contributed by atoms with E-state index in [4.69, 9.17) is 0 Å². The van der Waals surface area contributed by atoms with E-state index in [0.717, 1.165) is 13.0 Å². The largest absolute Gasteiger partial charge is 0.337 e. The van der Waals surface area contributed by atoms with Gasteiger partial charge in [-0.3, -0.25) is 0 Å². The molecular weight excluding hydrogens is 605 g/mol. The van der Waals surface area contributed by atoms with Crippen LogP contribution in [0.2, 0.25) is 0 Å². The molecule has 0 spiro atoms. The normalized spacial score (nSPS) is 13.9. The van der Waals surface area contributed by atoms with E-state index in [-0.39, 0.29) is 0 Å². The van der Waals surface area contributed by atoms with Crippen molar-refractivity contribution in [3.05, 3.63) is 188 Å². The van der Waals surface area contributed by atoms with Gasteiger partial charge in [0.15, 0.2) is 0 Å². The molecule has 2 heterocycles. The van der Waals surface area contributed by atoms with Gasteiger partial charge in [-0.25, -0.2) is 0 Å². The summed E-state index contributed by atoms with van der Waals surface area (Å²) in [4.78, 5) is 0. The van der Waals surface area contributed by atoms with E-state index in [1.165, 1.54) is 77.1 Å². The van der Waals surface area contributed by atoms with Crippen LogP contribution >= 0.6 is 0 Å². The minimum Gasteiger partial charge on any atom is -0.337 e. The van der Waals surface area contributed by atoms with Gasteiger partial charge in [-0.05, 0) is 88.7 Å². The van der Waals surface area contributed by atoms with Crippen LogP contribution in [-0.2, 0) is 6.54 Å². The molecule has 2 aromatic heterocycles. The Balaban J connectivity index is 1.13. The Morgan fingerprint density at radius 3 is 2.02 bits per heavy atom. The fourth-order valence-electron chi connectivity index (χ4n) is 7.68. The second-order valence-electron chi connectivity index (χ2n) is 13.3. The Hall–Kier alpha value is -6.12. The van der Waals surface area contributed by atoms with Gasteiger partial charge < -0.3 is 9.13 Å². The lowest BCUT2D eigenvalue weighted by Gasteiger charge is -2.09. The van der Waals surface area contributed by atoms with Crippen molar-refractivity contribution in [1.82, 2.24) is 9.13 Å². The van der Waals surface area contributed by atoms with E-state index < -0.39 is 0 Å². The maximum absolute atomic E-state index is 2.45. The molecule has 1 aliphatic carbocycles. The lowest BCUT2D eigenvalue weighted by atomic mass is 9.99. The molecule has 1 aliphatic rings. The summed E-state index contributed by atoms with van der Waals surface area (Å²) >= 11 is 0. The van der Waals surface area contributed by atoms with Gasteiger partial charge in [0, 0.05) is 44.8 Å². The number of rotatable bonds is 7. The standard InChI is InChI=1S/C48H38N2/c1-34(35-16-6-2-3-7-17-35)15-14-30-49-45-23-13-12-22-41(45)43-31-37(25-28-46(43)49)38-26-29-47-44(32-38)42-27-24-39(36-18-8-4-9-19-36)33-48(42)50(47)40-20-10-5-11-21-40/h2,4-29,31-34H,3,30H2,1H3/b15-14-. The highest BCUT2D eigenvalue weighted by atomic mass is 15.0. The highest BCUT2D eigenvalue weighted by Crippen LogP contribution is 2.38. The van der Waals surface area contributed by atoms with Crippen molar-refractivity contribution in [1.29, 1.82) is 0 Å². The SMILES string of the molecule is CC(/C=C\Cn1c2ccccc2c2cc(-c3ccc4c(c3)c3ccc(-c5ccccc5)cc3n4-c3ccccc3)ccc21)C1=CC=CCC=C1. The molecule has 2 nitrogen and oxygen atoms in total. The fourth-order valence-corrected chi connectivity index (χ4v) is 7.68. The van der Waals surface area contributed by atoms with Crippen molar-refractivity contribution in [2.45, 2.75) is 19.9 Å². The average molecular weight is 643 g/mol. The highest BCUT2D eigenvalue weighted by Gasteiger charge is 2.16. The molecule has 0 radical (unpaired) electrons. The van der Waals surface area contributed by atoms with Gasteiger partial charge in [0.05, 0.1) is 11.0 Å². The van der Waals surface area contributed by atoms with Crippen LogP contribution < -0.4 is 0 Å². The summed E-state index contributed by atoms with van der Waals surface area (Å²) in [5.41, 5.74) is 12.4. The molecule has 9 rings (SSSR count). The minimum atomic E-state index is 0.362. The molecule has 0 aliphatic heterocycles. The van der Waals surface area contributed by atoms with Crippen LogP contribution in [-0.4, -0.2) is 9.13 Å². The Labute approximate surface area is 293 Å². The van der Waals surface area contributed by atoms with Crippen molar-refractivity contribution < 1.29 is 0 Å². The van der Waals surface area contributed by atoms with Crippen LogP contribution in [0.15, 0.2) is 188 Å². The number of hydrogen-bond acceptors (Lipinski definition) is 0. The lowest BCUT2D eigenvalue weighted by molar-refractivity contribution is 0.850. The van der Waals surface area contributed by atoms with Gasteiger partial charge in [-0.1, -0.05) is 140 Å². The number of benzene rings is 6. The van der Waals surface area contributed by atoms with E-state index in [2.05, 4.69) is 198 Å². The van der Waals surface area contributed by atoms with Gasteiger partial charge in [0.2, 0.25) is 0 Å². The molecule has 0 saturated carbocycles. The third-order valence-electron chi connectivity index (χ3n) is 10.2. The second-order valence-corrected chi connectivity index (χ2v) is 13.3. The highest BCUT2D eigenvalue weighted by molar-refractivity contribution is 6.12. The molecule has 0 saturated heterocycles. The van der Waals surface area contributed by atoms with Crippen LogP contribution in [0.25, 0.3) is 71.6 Å².